The van der Waals surface area contributed by atoms with Crippen molar-refractivity contribution in [3.63, 3.8) is 0 Å². The van der Waals surface area contributed by atoms with Crippen LogP contribution in [0.5, 0.6) is 0 Å². The fraction of sp³-hybridized carbons (Fsp3) is 0.462. The normalized spacial score (nSPS) is 11.4. The first-order valence-corrected chi connectivity index (χ1v) is 6.22. The number of carbonyl (C=O) groups is 1. The van der Waals surface area contributed by atoms with E-state index < -0.39 is 5.60 Å². The van der Waals surface area contributed by atoms with Gasteiger partial charge in [-0.25, -0.2) is 4.39 Å². The van der Waals surface area contributed by atoms with Crippen molar-refractivity contribution in [1.29, 1.82) is 0 Å². The Bertz CT molecular complexity index is 390. The van der Waals surface area contributed by atoms with Gasteiger partial charge in [-0.3, -0.25) is 4.79 Å². The molecule has 0 bridgehead atoms. The van der Waals surface area contributed by atoms with Crippen molar-refractivity contribution in [3.05, 3.63) is 34.1 Å². The minimum absolute atomic E-state index is 0.257. The van der Waals surface area contributed by atoms with E-state index in [0.717, 1.165) is 5.56 Å². The molecule has 0 fully saturated rings. The number of ether oxygens (including phenoxy) is 1. The maximum atomic E-state index is 13.1. The van der Waals surface area contributed by atoms with E-state index in [1.54, 1.807) is 6.07 Å². The highest BCUT2D eigenvalue weighted by molar-refractivity contribution is 9.10. The number of benzene rings is 1. The summed E-state index contributed by atoms with van der Waals surface area (Å²) in [5.41, 5.74) is 0.308. The first kappa shape index (κ1) is 14.2. The molecule has 0 heterocycles. The molecule has 0 aliphatic carbocycles. The van der Waals surface area contributed by atoms with Crippen LogP contribution in [-0.4, -0.2) is 11.6 Å². The van der Waals surface area contributed by atoms with Gasteiger partial charge < -0.3 is 4.74 Å². The molecule has 1 aromatic carbocycles. The molecular formula is C13H16BrFO2. The molecule has 0 saturated heterocycles. The van der Waals surface area contributed by atoms with Gasteiger partial charge in [-0.2, -0.15) is 0 Å². The highest BCUT2D eigenvalue weighted by Crippen LogP contribution is 2.17. The lowest BCUT2D eigenvalue weighted by Crippen LogP contribution is -2.24. The van der Waals surface area contributed by atoms with E-state index in [2.05, 4.69) is 15.9 Å². The average molecular weight is 303 g/mol. The lowest BCUT2D eigenvalue weighted by atomic mass is 10.1. The summed E-state index contributed by atoms with van der Waals surface area (Å²) in [4.78, 5) is 11.5. The summed E-state index contributed by atoms with van der Waals surface area (Å²) < 4.78 is 18.9. The SMILES string of the molecule is CC(C)(C)OC(=O)CCc1cc(F)cc(Br)c1. The van der Waals surface area contributed by atoms with Crippen LogP contribution in [0.15, 0.2) is 22.7 Å². The van der Waals surface area contributed by atoms with Crippen molar-refractivity contribution >= 4 is 21.9 Å². The van der Waals surface area contributed by atoms with Crippen molar-refractivity contribution in [2.24, 2.45) is 0 Å². The van der Waals surface area contributed by atoms with E-state index in [1.807, 2.05) is 20.8 Å². The molecule has 0 saturated carbocycles. The molecule has 94 valence electrons. The molecule has 0 amide bonds. The van der Waals surface area contributed by atoms with Crippen LogP contribution in [0.2, 0.25) is 0 Å². The predicted octanol–water partition coefficient (Wildman–Crippen LogP) is 3.86. The number of rotatable bonds is 3. The number of hydrogen-bond acceptors (Lipinski definition) is 2. The van der Waals surface area contributed by atoms with Crippen molar-refractivity contribution in [2.75, 3.05) is 0 Å². The maximum absolute atomic E-state index is 13.1. The molecule has 0 aliphatic heterocycles. The van der Waals surface area contributed by atoms with Gasteiger partial charge in [-0.1, -0.05) is 15.9 Å². The van der Waals surface area contributed by atoms with Gasteiger partial charge in [-0.05, 0) is 51.0 Å². The summed E-state index contributed by atoms with van der Waals surface area (Å²) in [5.74, 6) is -0.573. The van der Waals surface area contributed by atoms with Crippen LogP contribution >= 0.6 is 15.9 Å². The van der Waals surface area contributed by atoms with Gasteiger partial charge in [0.05, 0.1) is 0 Å². The maximum Gasteiger partial charge on any atom is 0.306 e. The molecule has 17 heavy (non-hydrogen) atoms. The van der Waals surface area contributed by atoms with E-state index in [9.17, 15) is 9.18 Å². The largest absolute Gasteiger partial charge is 0.460 e. The van der Waals surface area contributed by atoms with Gasteiger partial charge >= 0.3 is 5.97 Å². The molecule has 1 aromatic rings. The summed E-state index contributed by atoms with van der Waals surface area (Å²) in [5, 5.41) is 0. The Balaban J connectivity index is 2.53. The molecule has 2 nitrogen and oxygen atoms in total. The summed E-state index contributed by atoms with van der Waals surface area (Å²) >= 11 is 3.21. The number of carbonyl (C=O) groups excluding carboxylic acids is 1. The Labute approximate surface area is 109 Å². The van der Waals surface area contributed by atoms with E-state index in [4.69, 9.17) is 4.74 Å². The van der Waals surface area contributed by atoms with Crippen LogP contribution in [0.3, 0.4) is 0 Å². The second kappa shape index (κ2) is 5.63. The van der Waals surface area contributed by atoms with Crippen LogP contribution in [0.1, 0.15) is 32.8 Å². The summed E-state index contributed by atoms with van der Waals surface area (Å²) in [6.45, 7) is 5.47. The van der Waals surface area contributed by atoms with Crippen LogP contribution < -0.4 is 0 Å². The number of hydrogen-bond donors (Lipinski definition) is 0. The van der Waals surface area contributed by atoms with Gasteiger partial charge in [0.15, 0.2) is 0 Å². The zero-order valence-corrected chi connectivity index (χ0v) is 11.8. The molecule has 1 rings (SSSR count). The Kier molecular flexibility index (Phi) is 4.69. The summed E-state index contributed by atoms with van der Waals surface area (Å²) in [7, 11) is 0. The van der Waals surface area contributed by atoms with Gasteiger partial charge in [-0.15, -0.1) is 0 Å². The lowest BCUT2D eigenvalue weighted by Gasteiger charge is -2.19. The third-order valence-electron chi connectivity index (χ3n) is 1.96. The first-order chi connectivity index (χ1) is 7.76. The topological polar surface area (TPSA) is 26.3 Å². The van der Waals surface area contributed by atoms with E-state index in [-0.39, 0.29) is 18.2 Å². The second-order valence-corrected chi connectivity index (χ2v) is 5.78. The fourth-order valence-corrected chi connectivity index (χ4v) is 1.91. The van der Waals surface area contributed by atoms with Crippen LogP contribution in [-0.2, 0) is 16.0 Å². The lowest BCUT2D eigenvalue weighted by molar-refractivity contribution is -0.154. The van der Waals surface area contributed by atoms with Crippen molar-refractivity contribution < 1.29 is 13.9 Å². The van der Waals surface area contributed by atoms with Crippen molar-refractivity contribution in [3.8, 4) is 0 Å². The minimum atomic E-state index is -0.473. The summed E-state index contributed by atoms with van der Waals surface area (Å²) in [6, 6.07) is 4.61. The van der Waals surface area contributed by atoms with E-state index in [0.29, 0.717) is 10.9 Å². The van der Waals surface area contributed by atoms with Gasteiger partial charge in [0.1, 0.15) is 11.4 Å². The zero-order valence-electron chi connectivity index (χ0n) is 10.2. The Hall–Kier alpha value is -0.900. The van der Waals surface area contributed by atoms with Crippen LogP contribution in [0, 0.1) is 5.82 Å². The van der Waals surface area contributed by atoms with Crippen molar-refractivity contribution in [1.82, 2.24) is 0 Å². The minimum Gasteiger partial charge on any atom is -0.460 e. The van der Waals surface area contributed by atoms with Gasteiger partial charge in [0.25, 0.3) is 0 Å². The number of esters is 1. The van der Waals surface area contributed by atoms with Gasteiger partial charge in [0.2, 0.25) is 0 Å². The highest BCUT2D eigenvalue weighted by atomic mass is 79.9. The Morgan fingerprint density at radius 3 is 2.53 bits per heavy atom. The third-order valence-corrected chi connectivity index (χ3v) is 2.42. The second-order valence-electron chi connectivity index (χ2n) is 4.86. The number of aryl methyl sites for hydroxylation is 1. The molecule has 0 aromatic heterocycles. The average Bonchev–Trinajstić information content (AvgIpc) is 2.10. The molecule has 0 spiro atoms. The Morgan fingerprint density at radius 2 is 2.00 bits per heavy atom. The predicted molar refractivity (Wildman–Crippen MR) is 68.3 cm³/mol. The van der Waals surface area contributed by atoms with Crippen molar-refractivity contribution in [2.45, 2.75) is 39.2 Å². The zero-order chi connectivity index (χ0) is 13.1. The molecule has 0 unspecified atom stereocenters. The standard InChI is InChI=1S/C13H16BrFO2/c1-13(2,3)17-12(16)5-4-9-6-10(14)8-11(15)7-9/h6-8H,4-5H2,1-3H3. The molecule has 4 heteroatoms. The molecular weight excluding hydrogens is 287 g/mol. The summed E-state index contributed by atoms with van der Waals surface area (Å²) in [6.07, 6.45) is 0.735. The van der Waals surface area contributed by atoms with E-state index >= 15 is 0 Å². The quantitative estimate of drug-likeness (QED) is 0.793. The first-order valence-electron chi connectivity index (χ1n) is 5.43. The fourth-order valence-electron chi connectivity index (χ4n) is 1.39. The molecule has 0 atom stereocenters. The number of halogens is 2. The third kappa shape index (κ3) is 5.82. The van der Waals surface area contributed by atoms with Gasteiger partial charge in [0, 0.05) is 10.9 Å². The van der Waals surface area contributed by atoms with Crippen LogP contribution in [0.4, 0.5) is 4.39 Å². The van der Waals surface area contributed by atoms with Crippen LogP contribution in [0.25, 0.3) is 0 Å². The molecule has 0 radical (unpaired) electrons. The highest BCUT2D eigenvalue weighted by Gasteiger charge is 2.16. The van der Waals surface area contributed by atoms with E-state index in [1.165, 1.54) is 12.1 Å². The molecule has 0 aliphatic rings. The Morgan fingerprint density at radius 1 is 1.35 bits per heavy atom. The molecule has 0 N–H and O–H groups in total. The monoisotopic (exact) mass is 302 g/mol. The smallest absolute Gasteiger partial charge is 0.306 e.